The van der Waals surface area contributed by atoms with Crippen molar-refractivity contribution in [3.63, 3.8) is 0 Å². The summed E-state index contributed by atoms with van der Waals surface area (Å²) in [5.74, 6) is 1.77. The van der Waals surface area contributed by atoms with Crippen LogP contribution in [-0.2, 0) is 4.74 Å². The molecular weight excluding hydrogens is 245 g/mol. The first-order valence-corrected chi connectivity index (χ1v) is 8.53. The molecule has 2 heterocycles. The van der Waals surface area contributed by atoms with Crippen LogP contribution in [0.15, 0.2) is 0 Å². The van der Waals surface area contributed by atoms with Crippen molar-refractivity contribution in [1.82, 2.24) is 4.90 Å². The van der Waals surface area contributed by atoms with E-state index < -0.39 is 0 Å². The Bertz CT molecular complexity index is 375. The molecule has 0 radical (unpaired) electrons. The summed E-state index contributed by atoms with van der Waals surface area (Å²) < 4.78 is 5.67. The molecular formula is C17H32BNO. The number of likely N-dealkylation sites (N-methyl/N-ethyl adjacent to an activating group) is 1. The normalized spacial score (nSPS) is 44.2. The lowest BCUT2D eigenvalue weighted by Gasteiger charge is -2.60. The SMILES string of the molecule is BC1(C)CCC2C(CCN(C)C23COC3)CC(C)(C)C1. The zero-order valence-corrected chi connectivity index (χ0v) is 14.2. The van der Waals surface area contributed by atoms with E-state index in [-0.39, 0.29) is 0 Å². The highest BCUT2D eigenvalue weighted by atomic mass is 16.5. The second-order valence-corrected chi connectivity index (χ2v) is 9.42. The van der Waals surface area contributed by atoms with E-state index in [0.29, 0.717) is 16.3 Å². The first-order chi connectivity index (χ1) is 9.24. The summed E-state index contributed by atoms with van der Waals surface area (Å²) in [5, 5.41) is 0.496. The summed E-state index contributed by atoms with van der Waals surface area (Å²) in [6.07, 6.45) is 6.97. The highest BCUT2D eigenvalue weighted by Gasteiger charge is 2.55. The summed E-state index contributed by atoms with van der Waals surface area (Å²) in [5.41, 5.74) is 0.876. The minimum atomic E-state index is 0.381. The maximum absolute atomic E-state index is 5.67. The van der Waals surface area contributed by atoms with Gasteiger partial charge < -0.3 is 4.74 Å². The van der Waals surface area contributed by atoms with E-state index in [0.717, 1.165) is 25.0 Å². The summed E-state index contributed by atoms with van der Waals surface area (Å²) in [7, 11) is 4.80. The van der Waals surface area contributed by atoms with Gasteiger partial charge >= 0.3 is 0 Å². The van der Waals surface area contributed by atoms with E-state index in [1.165, 1.54) is 38.6 Å². The van der Waals surface area contributed by atoms with E-state index in [4.69, 9.17) is 4.74 Å². The second kappa shape index (κ2) is 4.74. The minimum Gasteiger partial charge on any atom is -0.377 e. The minimum absolute atomic E-state index is 0.381. The van der Waals surface area contributed by atoms with Gasteiger partial charge in [-0.3, -0.25) is 4.90 Å². The number of ether oxygens (including phenoxy) is 1. The molecule has 0 bridgehead atoms. The van der Waals surface area contributed by atoms with Crippen LogP contribution in [0.4, 0.5) is 0 Å². The Balaban J connectivity index is 1.87. The fraction of sp³-hybridized carbons (Fsp3) is 1.00. The van der Waals surface area contributed by atoms with Crippen molar-refractivity contribution in [2.24, 2.45) is 17.3 Å². The molecule has 1 aliphatic carbocycles. The first-order valence-electron chi connectivity index (χ1n) is 8.53. The molecule has 114 valence electrons. The fourth-order valence-corrected chi connectivity index (χ4v) is 5.71. The summed E-state index contributed by atoms with van der Waals surface area (Å²) in [4.78, 5) is 2.62. The van der Waals surface area contributed by atoms with Crippen molar-refractivity contribution in [2.75, 3.05) is 26.8 Å². The van der Waals surface area contributed by atoms with Crippen LogP contribution in [0.5, 0.6) is 0 Å². The standard InChI is InChI=1S/C17H32BNO/c1-15(2)9-13-6-8-19(4)17(11-20-12-17)14(13)5-7-16(3,18)10-15/h13-14H,5-12,18H2,1-4H3. The highest BCUT2D eigenvalue weighted by Crippen LogP contribution is 2.54. The molecule has 0 amide bonds. The monoisotopic (exact) mass is 277 g/mol. The van der Waals surface area contributed by atoms with Crippen LogP contribution in [-0.4, -0.2) is 45.1 Å². The van der Waals surface area contributed by atoms with Gasteiger partial charge in [0.2, 0.25) is 0 Å². The Morgan fingerprint density at radius 1 is 1.15 bits per heavy atom. The third-order valence-electron chi connectivity index (χ3n) is 6.46. The topological polar surface area (TPSA) is 12.5 Å². The molecule has 0 aromatic heterocycles. The fourth-order valence-electron chi connectivity index (χ4n) is 5.71. The van der Waals surface area contributed by atoms with Gasteiger partial charge in [-0.25, -0.2) is 0 Å². The Morgan fingerprint density at radius 2 is 1.85 bits per heavy atom. The molecule has 0 N–H and O–H groups in total. The first kappa shape index (κ1) is 14.9. The molecule has 3 unspecified atom stereocenters. The number of fused-ring (bicyclic) bond motifs is 2. The quantitative estimate of drug-likeness (QED) is 0.631. The number of piperidine rings is 1. The van der Waals surface area contributed by atoms with Crippen molar-refractivity contribution in [3.8, 4) is 0 Å². The van der Waals surface area contributed by atoms with Gasteiger partial charge in [0.1, 0.15) is 7.85 Å². The van der Waals surface area contributed by atoms with Gasteiger partial charge in [0.25, 0.3) is 0 Å². The average molecular weight is 277 g/mol. The van der Waals surface area contributed by atoms with Crippen molar-refractivity contribution in [1.29, 1.82) is 0 Å². The molecule has 3 aliphatic rings. The second-order valence-electron chi connectivity index (χ2n) is 9.42. The Labute approximate surface area is 126 Å². The van der Waals surface area contributed by atoms with Crippen molar-refractivity contribution in [3.05, 3.63) is 0 Å². The molecule has 20 heavy (non-hydrogen) atoms. The van der Waals surface area contributed by atoms with E-state index in [1.54, 1.807) is 0 Å². The molecule has 2 saturated heterocycles. The third-order valence-corrected chi connectivity index (χ3v) is 6.46. The Morgan fingerprint density at radius 3 is 2.45 bits per heavy atom. The van der Waals surface area contributed by atoms with Crippen LogP contribution in [0.2, 0.25) is 5.31 Å². The van der Waals surface area contributed by atoms with Crippen LogP contribution in [0.3, 0.4) is 0 Å². The van der Waals surface area contributed by atoms with Gasteiger partial charge in [-0.2, -0.15) is 0 Å². The number of likely N-dealkylation sites (tertiary alicyclic amines) is 1. The van der Waals surface area contributed by atoms with Crippen molar-refractivity contribution >= 4 is 7.85 Å². The zero-order chi connectivity index (χ0) is 14.6. The van der Waals surface area contributed by atoms with Crippen molar-refractivity contribution in [2.45, 2.75) is 63.7 Å². The molecule has 0 aromatic rings. The van der Waals surface area contributed by atoms with E-state index in [9.17, 15) is 0 Å². The molecule has 3 rings (SSSR count). The van der Waals surface area contributed by atoms with Crippen molar-refractivity contribution < 1.29 is 4.74 Å². The average Bonchev–Trinajstić information content (AvgIpc) is 2.23. The van der Waals surface area contributed by atoms with Crippen LogP contribution >= 0.6 is 0 Å². The van der Waals surface area contributed by atoms with Crippen LogP contribution < -0.4 is 0 Å². The molecule has 1 saturated carbocycles. The Kier molecular flexibility index (Phi) is 3.53. The molecule has 3 fully saturated rings. The highest BCUT2D eigenvalue weighted by molar-refractivity contribution is 6.14. The van der Waals surface area contributed by atoms with E-state index in [1.807, 2.05) is 0 Å². The lowest BCUT2D eigenvalue weighted by atomic mass is 9.52. The predicted octanol–water partition coefficient (Wildman–Crippen LogP) is 2.74. The molecule has 2 nitrogen and oxygen atoms in total. The van der Waals surface area contributed by atoms with Crippen LogP contribution in [0.25, 0.3) is 0 Å². The van der Waals surface area contributed by atoms with Gasteiger partial charge in [0.15, 0.2) is 0 Å². The van der Waals surface area contributed by atoms with E-state index >= 15 is 0 Å². The van der Waals surface area contributed by atoms with Gasteiger partial charge in [-0.1, -0.05) is 32.5 Å². The molecule has 2 aliphatic heterocycles. The number of nitrogens with zero attached hydrogens (tertiary/aromatic N) is 1. The maximum atomic E-state index is 5.67. The Hall–Kier alpha value is -0.0151. The smallest absolute Gasteiger partial charge is 0.109 e. The lowest BCUT2D eigenvalue weighted by molar-refractivity contribution is -0.196. The number of rotatable bonds is 0. The summed E-state index contributed by atoms with van der Waals surface area (Å²) >= 11 is 0. The molecule has 1 spiro atoms. The summed E-state index contributed by atoms with van der Waals surface area (Å²) in [6.45, 7) is 10.7. The van der Waals surface area contributed by atoms with Gasteiger partial charge in [0.05, 0.1) is 18.8 Å². The largest absolute Gasteiger partial charge is 0.377 e. The summed E-state index contributed by atoms with van der Waals surface area (Å²) in [6, 6.07) is 0. The van der Waals surface area contributed by atoms with Gasteiger partial charge in [-0.15, -0.1) is 0 Å². The maximum Gasteiger partial charge on any atom is 0.109 e. The van der Waals surface area contributed by atoms with E-state index in [2.05, 4.69) is 40.6 Å². The molecule has 3 heteroatoms. The van der Waals surface area contributed by atoms with Crippen LogP contribution in [0.1, 0.15) is 52.9 Å². The zero-order valence-electron chi connectivity index (χ0n) is 14.2. The third kappa shape index (κ3) is 2.45. The predicted molar refractivity (Wildman–Crippen MR) is 86.9 cm³/mol. The number of hydrogen-bond donors (Lipinski definition) is 0. The molecule has 0 aromatic carbocycles. The molecule has 3 atom stereocenters. The lowest BCUT2D eigenvalue weighted by Crippen LogP contribution is -2.69. The number of hydrogen-bond acceptors (Lipinski definition) is 2. The van der Waals surface area contributed by atoms with Crippen LogP contribution in [0, 0.1) is 17.3 Å². The van der Waals surface area contributed by atoms with Gasteiger partial charge in [-0.05, 0) is 56.5 Å². The van der Waals surface area contributed by atoms with Gasteiger partial charge in [0, 0.05) is 0 Å².